The Labute approximate surface area is 141 Å². The largest absolute Gasteiger partial charge is 0.484 e. The molecule has 23 heavy (non-hydrogen) atoms. The Balaban J connectivity index is 1.94. The van der Waals surface area contributed by atoms with Crippen LogP contribution in [-0.4, -0.2) is 12.5 Å². The van der Waals surface area contributed by atoms with Gasteiger partial charge in [-0.3, -0.25) is 4.79 Å². The van der Waals surface area contributed by atoms with Crippen LogP contribution < -0.4 is 15.8 Å². The van der Waals surface area contributed by atoms with Gasteiger partial charge in [0, 0.05) is 0 Å². The number of hydrogen-bond acceptors (Lipinski definition) is 3. The number of benzene rings is 2. The van der Waals surface area contributed by atoms with Crippen LogP contribution in [0.4, 0.5) is 11.4 Å². The highest BCUT2D eigenvalue weighted by Gasteiger charge is 2.13. The Morgan fingerprint density at radius 3 is 2.39 bits per heavy atom. The van der Waals surface area contributed by atoms with Crippen LogP contribution >= 0.6 is 11.6 Å². The second-order valence-electron chi connectivity index (χ2n) is 6.32. The van der Waals surface area contributed by atoms with Crippen molar-refractivity contribution in [2.75, 3.05) is 17.7 Å². The number of halogens is 1. The molecule has 1 amide bonds. The van der Waals surface area contributed by atoms with E-state index in [9.17, 15) is 4.79 Å². The summed E-state index contributed by atoms with van der Waals surface area (Å²) in [6.45, 7) is 6.32. The van der Waals surface area contributed by atoms with Crippen LogP contribution in [0, 0.1) is 0 Å². The lowest BCUT2D eigenvalue weighted by Crippen LogP contribution is -2.21. The van der Waals surface area contributed by atoms with E-state index in [-0.39, 0.29) is 17.9 Å². The minimum Gasteiger partial charge on any atom is -0.484 e. The first kappa shape index (κ1) is 17.2. The summed E-state index contributed by atoms with van der Waals surface area (Å²) in [4.78, 5) is 12.0. The minimum atomic E-state index is -0.315. The summed E-state index contributed by atoms with van der Waals surface area (Å²) < 4.78 is 5.49. The molecule has 3 N–H and O–H groups in total. The van der Waals surface area contributed by atoms with Crippen LogP contribution in [0.5, 0.6) is 5.75 Å². The van der Waals surface area contributed by atoms with Crippen LogP contribution in [0.3, 0.4) is 0 Å². The van der Waals surface area contributed by atoms with Gasteiger partial charge < -0.3 is 15.8 Å². The van der Waals surface area contributed by atoms with Crippen molar-refractivity contribution >= 4 is 28.9 Å². The first-order valence-electron chi connectivity index (χ1n) is 7.34. The smallest absolute Gasteiger partial charge is 0.262 e. The summed E-state index contributed by atoms with van der Waals surface area (Å²) in [5.41, 5.74) is 7.91. The van der Waals surface area contributed by atoms with E-state index in [1.54, 1.807) is 18.2 Å². The molecule has 2 aromatic carbocycles. The van der Waals surface area contributed by atoms with Crippen LogP contribution in [0.2, 0.25) is 5.02 Å². The molecule has 0 aliphatic rings. The van der Waals surface area contributed by atoms with Gasteiger partial charge in [-0.2, -0.15) is 0 Å². The predicted octanol–water partition coefficient (Wildman–Crippen LogP) is 4.24. The molecule has 4 nitrogen and oxygen atoms in total. The second-order valence-corrected chi connectivity index (χ2v) is 6.72. The summed E-state index contributed by atoms with van der Waals surface area (Å²) in [6.07, 6.45) is 0. The van der Waals surface area contributed by atoms with Crippen molar-refractivity contribution < 1.29 is 9.53 Å². The Kier molecular flexibility index (Phi) is 5.16. The summed E-state index contributed by atoms with van der Waals surface area (Å²) in [6, 6.07) is 12.8. The Morgan fingerprint density at radius 2 is 1.83 bits per heavy atom. The van der Waals surface area contributed by atoms with Crippen molar-refractivity contribution in [1.82, 2.24) is 0 Å². The molecule has 0 bridgehead atoms. The number of ether oxygens (including phenoxy) is 1. The van der Waals surface area contributed by atoms with Gasteiger partial charge >= 0.3 is 0 Å². The van der Waals surface area contributed by atoms with Crippen molar-refractivity contribution in [2.24, 2.45) is 0 Å². The highest BCUT2D eigenvalue weighted by Crippen LogP contribution is 2.28. The number of para-hydroxylation sites is 1. The SMILES string of the molecule is CC(C)(C)c1ccc(OCC(=O)Nc2c(N)cccc2Cl)cc1. The minimum absolute atomic E-state index is 0.0808. The summed E-state index contributed by atoms with van der Waals surface area (Å²) in [7, 11) is 0. The third-order valence-electron chi connectivity index (χ3n) is 3.40. The fraction of sp³-hybridized carbons (Fsp3) is 0.278. The predicted molar refractivity (Wildman–Crippen MR) is 95.1 cm³/mol. The number of anilines is 2. The molecule has 0 aliphatic heterocycles. The maximum absolute atomic E-state index is 12.0. The molecule has 0 atom stereocenters. The summed E-state index contributed by atoms with van der Waals surface area (Å²) in [5.74, 6) is 0.324. The van der Waals surface area contributed by atoms with E-state index in [2.05, 4.69) is 26.1 Å². The lowest BCUT2D eigenvalue weighted by Gasteiger charge is -2.19. The molecular weight excluding hydrogens is 312 g/mol. The number of hydrogen-bond donors (Lipinski definition) is 2. The molecule has 0 aromatic heterocycles. The van der Waals surface area contributed by atoms with Gasteiger partial charge in [-0.05, 0) is 35.2 Å². The van der Waals surface area contributed by atoms with Crippen molar-refractivity contribution in [3.05, 3.63) is 53.1 Å². The molecule has 2 aromatic rings. The quantitative estimate of drug-likeness (QED) is 0.823. The highest BCUT2D eigenvalue weighted by atomic mass is 35.5. The van der Waals surface area contributed by atoms with Gasteiger partial charge in [-0.1, -0.05) is 50.6 Å². The second kappa shape index (κ2) is 6.92. The lowest BCUT2D eigenvalue weighted by atomic mass is 9.87. The first-order valence-corrected chi connectivity index (χ1v) is 7.72. The molecule has 122 valence electrons. The van der Waals surface area contributed by atoms with Crippen LogP contribution in [0.25, 0.3) is 0 Å². The number of nitrogens with one attached hydrogen (secondary N) is 1. The molecule has 0 heterocycles. The van der Waals surface area contributed by atoms with E-state index in [0.29, 0.717) is 22.1 Å². The Hall–Kier alpha value is -2.20. The van der Waals surface area contributed by atoms with Crippen molar-refractivity contribution in [1.29, 1.82) is 0 Å². The van der Waals surface area contributed by atoms with E-state index in [1.165, 1.54) is 5.56 Å². The van der Waals surface area contributed by atoms with Gasteiger partial charge in [-0.25, -0.2) is 0 Å². The molecule has 0 fully saturated rings. The van der Waals surface area contributed by atoms with Gasteiger partial charge in [0.15, 0.2) is 6.61 Å². The number of amides is 1. The van der Waals surface area contributed by atoms with E-state index in [0.717, 1.165) is 0 Å². The third-order valence-corrected chi connectivity index (χ3v) is 3.72. The Bertz CT molecular complexity index is 671. The average molecular weight is 333 g/mol. The summed E-state index contributed by atoms with van der Waals surface area (Å²) >= 11 is 6.02. The molecule has 0 radical (unpaired) electrons. The Morgan fingerprint density at radius 1 is 1.17 bits per heavy atom. The molecule has 0 aliphatic carbocycles. The number of carbonyl (C=O) groups is 1. The zero-order valence-electron chi connectivity index (χ0n) is 13.5. The first-order chi connectivity index (χ1) is 10.8. The summed E-state index contributed by atoms with van der Waals surface area (Å²) in [5, 5.41) is 3.06. The average Bonchev–Trinajstić information content (AvgIpc) is 2.48. The molecule has 0 saturated heterocycles. The zero-order valence-corrected chi connectivity index (χ0v) is 14.3. The van der Waals surface area contributed by atoms with Crippen LogP contribution in [0.15, 0.2) is 42.5 Å². The number of nitrogens with two attached hydrogens (primary N) is 1. The van der Waals surface area contributed by atoms with E-state index in [1.807, 2.05) is 24.3 Å². The third kappa shape index (κ3) is 4.63. The molecule has 0 spiro atoms. The van der Waals surface area contributed by atoms with E-state index >= 15 is 0 Å². The van der Waals surface area contributed by atoms with Gasteiger partial charge in [0.2, 0.25) is 0 Å². The number of rotatable bonds is 4. The molecule has 5 heteroatoms. The fourth-order valence-corrected chi connectivity index (χ4v) is 2.28. The molecule has 0 unspecified atom stereocenters. The standard InChI is InChI=1S/C18H21ClN2O2/c1-18(2,3)12-7-9-13(10-8-12)23-11-16(22)21-17-14(19)5-4-6-15(17)20/h4-10H,11,20H2,1-3H3,(H,21,22). The van der Waals surface area contributed by atoms with Gasteiger partial charge in [0.25, 0.3) is 5.91 Å². The molecular formula is C18H21ClN2O2. The maximum atomic E-state index is 12.0. The van der Waals surface area contributed by atoms with Gasteiger partial charge in [0.05, 0.1) is 16.4 Å². The molecule has 2 rings (SSSR count). The lowest BCUT2D eigenvalue weighted by molar-refractivity contribution is -0.118. The van der Waals surface area contributed by atoms with Crippen molar-refractivity contribution in [3.63, 3.8) is 0 Å². The zero-order chi connectivity index (χ0) is 17.0. The van der Waals surface area contributed by atoms with Crippen LogP contribution in [0.1, 0.15) is 26.3 Å². The topological polar surface area (TPSA) is 64.3 Å². The van der Waals surface area contributed by atoms with E-state index in [4.69, 9.17) is 22.1 Å². The fourth-order valence-electron chi connectivity index (χ4n) is 2.05. The molecule has 0 saturated carbocycles. The monoisotopic (exact) mass is 332 g/mol. The van der Waals surface area contributed by atoms with Crippen molar-refractivity contribution in [3.8, 4) is 5.75 Å². The van der Waals surface area contributed by atoms with E-state index < -0.39 is 0 Å². The van der Waals surface area contributed by atoms with Gasteiger partial charge in [-0.15, -0.1) is 0 Å². The number of carbonyl (C=O) groups excluding carboxylic acids is 1. The van der Waals surface area contributed by atoms with Crippen LogP contribution in [-0.2, 0) is 10.2 Å². The van der Waals surface area contributed by atoms with Crippen molar-refractivity contribution in [2.45, 2.75) is 26.2 Å². The number of nitrogen functional groups attached to an aromatic ring is 1. The van der Waals surface area contributed by atoms with Gasteiger partial charge in [0.1, 0.15) is 5.75 Å². The maximum Gasteiger partial charge on any atom is 0.262 e. The highest BCUT2D eigenvalue weighted by molar-refractivity contribution is 6.34. The normalized spacial score (nSPS) is 11.1.